The third-order valence-electron chi connectivity index (χ3n) is 4.26. The van der Waals surface area contributed by atoms with Gasteiger partial charge in [-0.3, -0.25) is 4.79 Å². The van der Waals surface area contributed by atoms with Gasteiger partial charge in [0, 0.05) is 11.4 Å². The number of benzene rings is 2. The molecule has 0 fully saturated rings. The van der Waals surface area contributed by atoms with Gasteiger partial charge in [0.2, 0.25) is 5.89 Å². The molecular weight excluding hydrogens is 418 g/mol. The normalized spacial score (nSPS) is 10.5. The van der Waals surface area contributed by atoms with Crippen molar-refractivity contribution in [1.82, 2.24) is 15.5 Å². The van der Waals surface area contributed by atoms with Crippen molar-refractivity contribution < 1.29 is 23.6 Å². The lowest BCUT2D eigenvalue weighted by molar-refractivity contribution is -0.124. The molecule has 0 aliphatic heterocycles. The summed E-state index contributed by atoms with van der Waals surface area (Å²) >= 11 is 1.38. The minimum absolute atomic E-state index is 0.344. The van der Waals surface area contributed by atoms with E-state index in [1.165, 1.54) is 11.8 Å². The summed E-state index contributed by atoms with van der Waals surface area (Å²) < 4.78 is 15.4. The summed E-state index contributed by atoms with van der Waals surface area (Å²) in [4.78, 5) is 29.3. The second kappa shape index (κ2) is 11.2. The Hall–Kier alpha value is -3.33. The first-order valence-electron chi connectivity index (χ1n) is 9.63. The molecule has 0 atom stereocenters. The van der Waals surface area contributed by atoms with Crippen LogP contribution in [0.3, 0.4) is 0 Å². The smallest absolute Gasteiger partial charge is 0.339 e. The van der Waals surface area contributed by atoms with Crippen LogP contribution in [0.2, 0.25) is 0 Å². The zero-order chi connectivity index (χ0) is 22.1. The lowest BCUT2D eigenvalue weighted by Crippen LogP contribution is -2.30. The Balaban J connectivity index is 1.44. The number of hydrogen-bond acceptors (Lipinski definition) is 8. The maximum Gasteiger partial charge on any atom is 0.339 e. The standard InChI is InChI=1S/C22H23N3O5S/c1-15-24-21(30-25-15)14-31-19-6-4-3-5-18(19)22(27)29-13-20(26)23-12-11-16-7-9-17(28-2)10-8-16/h3-10H,11-14H2,1-2H3,(H,23,26). The number of rotatable bonds is 10. The van der Waals surface area contributed by atoms with Crippen LogP contribution in [-0.2, 0) is 21.7 Å². The summed E-state index contributed by atoms with van der Waals surface area (Å²) in [6, 6.07) is 14.6. The van der Waals surface area contributed by atoms with Crippen LogP contribution in [-0.4, -0.2) is 42.3 Å². The van der Waals surface area contributed by atoms with Crippen molar-refractivity contribution >= 4 is 23.6 Å². The number of amides is 1. The molecule has 2 aromatic carbocycles. The molecule has 1 N–H and O–H groups in total. The molecule has 0 unspecified atom stereocenters. The number of hydrogen-bond donors (Lipinski definition) is 1. The monoisotopic (exact) mass is 441 g/mol. The van der Waals surface area contributed by atoms with Crippen LogP contribution in [0, 0.1) is 6.92 Å². The predicted molar refractivity (Wildman–Crippen MR) is 115 cm³/mol. The molecule has 1 heterocycles. The summed E-state index contributed by atoms with van der Waals surface area (Å²) in [6.45, 7) is 1.84. The molecular formula is C22H23N3O5S. The van der Waals surface area contributed by atoms with E-state index in [1.807, 2.05) is 30.3 Å². The summed E-state index contributed by atoms with van der Waals surface area (Å²) in [7, 11) is 1.61. The molecule has 8 nitrogen and oxygen atoms in total. The Morgan fingerprint density at radius 3 is 2.61 bits per heavy atom. The van der Waals surface area contributed by atoms with Gasteiger partial charge in [-0.1, -0.05) is 29.4 Å². The van der Waals surface area contributed by atoms with E-state index in [1.54, 1.807) is 32.2 Å². The summed E-state index contributed by atoms with van der Waals surface area (Å²) in [5.74, 6) is 1.33. The molecule has 0 aliphatic rings. The van der Waals surface area contributed by atoms with Gasteiger partial charge in [-0.05, 0) is 43.2 Å². The fraction of sp³-hybridized carbons (Fsp3) is 0.273. The van der Waals surface area contributed by atoms with Crippen molar-refractivity contribution in [2.24, 2.45) is 0 Å². The number of aryl methyl sites for hydroxylation is 1. The first kappa shape index (κ1) is 22.4. The van der Waals surface area contributed by atoms with Crippen molar-refractivity contribution in [2.45, 2.75) is 24.0 Å². The predicted octanol–water partition coefficient (Wildman–Crippen LogP) is 3.19. The SMILES string of the molecule is COc1ccc(CCNC(=O)COC(=O)c2ccccc2SCc2nc(C)no2)cc1. The van der Waals surface area contributed by atoms with Gasteiger partial charge in [-0.15, -0.1) is 11.8 Å². The van der Waals surface area contributed by atoms with Crippen molar-refractivity contribution in [3.63, 3.8) is 0 Å². The Labute approximate surface area is 184 Å². The summed E-state index contributed by atoms with van der Waals surface area (Å²) in [5.41, 5.74) is 1.45. The number of carbonyl (C=O) groups is 2. The average Bonchev–Trinajstić information content (AvgIpc) is 3.22. The molecule has 31 heavy (non-hydrogen) atoms. The summed E-state index contributed by atoms with van der Waals surface area (Å²) in [5, 5.41) is 6.50. The van der Waals surface area contributed by atoms with Crippen molar-refractivity contribution in [3.05, 3.63) is 71.4 Å². The number of carbonyl (C=O) groups excluding carboxylic acids is 2. The van der Waals surface area contributed by atoms with Crippen LogP contribution < -0.4 is 10.1 Å². The third kappa shape index (κ3) is 6.85. The molecule has 0 saturated heterocycles. The number of nitrogens with one attached hydrogen (secondary N) is 1. The molecule has 162 valence electrons. The average molecular weight is 442 g/mol. The highest BCUT2D eigenvalue weighted by molar-refractivity contribution is 7.98. The molecule has 1 amide bonds. The number of methoxy groups -OCH3 is 1. The van der Waals surface area contributed by atoms with Gasteiger partial charge in [0.05, 0.1) is 18.4 Å². The highest BCUT2D eigenvalue weighted by Gasteiger charge is 2.15. The van der Waals surface area contributed by atoms with E-state index >= 15 is 0 Å². The molecule has 0 bridgehead atoms. The fourth-order valence-electron chi connectivity index (χ4n) is 2.70. The number of ether oxygens (including phenoxy) is 2. The molecule has 0 radical (unpaired) electrons. The van der Waals surface area contributed by atoms with Crippen LogP contribution in [0.5, 0.6) is 5.75 Å². The van der Waals surface area contributed by atoms with Gasteiger partial charge >= 0.3 is 5.97 Å². The molecule has 0 saturated carbocycles. The largest absolute Gasteiger partial charge is 0.497 e. The second-order valence-electron chi connectivity index (χ2n) is 6.54. The quantitative estimate of drug-likeness (QED) is 0.378. The van der Waals surface area contributed by atoms with E-state index in [4.69, 9.17) is 14.0 Å². The topological polar surface area (TPSA) is 104 Å². The van der Waals surface area contributed by atoms with E-state index in [2.05, 4.69) is 15.5 Å². The van der Waals surface area contributed by atoms with Crippen molar-refractivity contribution in [2.75, 3.05) is 20.3 Å². The van der Waals surface area contributed by atoms with Gasteiger partial charge in [0.25, 0.3) is 5.91 Å². The van der Waals surface area contributed by atoms with Gasteiger partial charge in [0.1, 0.15) is 5.75 Å². The van der Waals surface area contributed by atoms with Crippen molar-refractivity contribution in [3.8, 4) is 5.75 Å². The first-order valence-corrected chi connectivity index (χ1v) is 10.6. The Morgan fingerprint density at radius 2 is 1.90 bits per heavy atom. The Bertz CT molecular complexity index is 1020. The highest BCUT2D eigenvalue weighted by Crippen LogP contribution is 2.26. The fourth-order valence-corrected chi connectivity index (χ4v) is 3.58. The van der Waals surface area contributed by atoms with Gasteiger partial charge in [-0.25, -0.2) is 4.79 Å². The molecule has 1 aromatic heterocycles. The van der Waals surface area contributed by atoms with E-state index in [-0.39, 0.29) is 12.5 Å². The van der Waals surface area contributed by atoms with Crippen LogP contribution in [0.4, 0.5) is 0 Å². The Kier molecular flexibility index (Phi) is 8.05. The highest BCUT2D eigenvalue weighted by atomic mass is 32.2. The maximum atomic E-state index is 12.5. The first-order chi connectivity index (χ1) is 15.0. The van der Waals surface area contributed by atoms with E-state index in [0.29, 0.717) is 40.9 Å². The van der Waals surface area contributed by atoms with Gasteiger partial charge in [0.15, 0.2) is 12.4 Å². The minimum atomic E-state index is -0.560. The number of nitrogens with zero attached hydrogens (tertiary/aromatic N) is 2. The zero-order valence-corrected chi connectivity index (χ0v) is 18.1. The van der Waals surface area contributed by atoms with Crippen molar-refractivity contribution in [1.29, 1.82) is 0 Å². The van der Waals surface area contributed by atoms with Gasteiger partial charge in [-0.2, -0.15) is 4.98 Å². The van der Waals surface area contributed by atoms with E-state index in [9.17, 15) is 9.59 Å². The Morgan fingerprint density at radius 1 is 1.13 bits per heavy atom. The molecule has 0 aliphatic carbocycles. The number of esters is 1. The summed E-state index contributed by atoms with van der Waals surface area (Å²) in [6.07, 6.45) is 0.665. The molecule has 0 spiro atoms. The molecule has 3 aromatic rings. The van der Waals surface area contributed by atoms with Gasteiger partial charge < -0.3 is 19.3 Å². The van der Waals surface area contributed by atoms with Crippen LogP contribution in [0.1, 0.15) is 27.6 Å². The second-order valence-corrected chi connectivity index (χ2v) is 7.56. The minimum Gasteiger partial charge on any atom is -0.497 e. The lowest BCUT2D eigenvalue weighted by atomic mass is 10.1. The third-order valence-corrected chi connectivity index (χ3v) is 5.32. The van der Waals surface area contributed by atoms with E-state index in [0.717, 1.165) is 11.3 Å². The van der Waals surface area contributed by atoms with Crippen LogP contribution in [0.15, 0.2) is 57.9 Å². The number of aromatic nitrogens is 2. The zero-order valence-electron chi connectivity index (χ0n) is 17.3. The molecule has 3 rings (SSSR count). The van der Waals surface area contributed by atoms with Crippen LogP contribution in [0.25, 0.3) is 0 Å². The maximum absolute atomic E-state index is 12.5. The number of thioether (sulfide) groups is 1. The lowest BCUT2D eigenvalue weighted by Gasteiger charge is -2.09. The molecule has 9 heteroatoms. The van der Waals surface area contributed by atoms with Crippen LogP contribution >= 0.6 is 11.8 Å². The van der Waals surface area contributed by atoms with E-state index < -0.39 is 5.97 Å².